The minimum Gasteiger partial charge on any atom is -0.493 e. The molecule has 0 unspecified atom stereocenters. The van der Waals surface area contributed by atoms with Crippen LogP contribution in [-0.2, 0) is 38.6 Å². The Morgan fingerprint density at radius 1 is 1.03 bits per heavy atom. The Balaban J connectivity index is 1.18. The first-order valence-electron chi connectivity index (χ1n) is 11.8. The van der Waals surface area contributed by atoms with Crippen LogP contribution in [0.1, 0.15) is 43.9 Å². The van der Waals surface area contributed by atoms with E-state index in [4.69, 9.17) is 14.2 Å². The van der Waals surface area contributed by atoms with Crippen molar-refractivity contribution in [3.8, 4) is 5.75 Å². The number of benzene rings is 1. The number of rotatable bonds is 6. The molecule has 10 heteroatoms. The van der Waals surface area contributed by atoms with Gasteiger partial charge >= 0.3 is 17.6 Å². The summed E-state index contributed by atoms with van der Waals surface area (Å²) in [5.41, 5.74) is 1.53. The summed E-state index contributed by atoms with van der Waals surface area (Å²) in [7, 11) is 0. The number of cyclic esters (lactones) is 2. The number of carbonyl (C=O) groups excluding carboxylic acids is 2. The number of hydrogen-bond acceptors (Lipinski definition) is 8. The van der Waals surface area contributed by atoms with Crippen molar-refractivity contribution < 1.29 is 23.8 Å². The predicted molar refractivity (Wildman–Crippen MR) is 124 cm³/mol. The van der Waals surface area contributed by atoms with E-state index in [1.807, 2.05) is 0 Å². The molecule has 2 saturated heterocycles. The number of aromatic nitrogens is 2. The van der Waals surface area contributed by atoms with E-state index in [1.54, 1.807) is 34.9 Å². The Bertz CT molecular complexity index is 1290. The molecule has 2 fully saturated rings. The molecule has 0 bridgehead atoms. The summed E-state index contributed by atoms with van der Waals surface area (Å²) in [6.07, 6.45) is 3.25. The number of nitrogens with zero attached hydrogens (tertiary/aromatic N) is 2. The highest BCUT2D eigenvalue weighted by Crippen LogP contribution is 2.29. The molecular weight excluding hydrogens is 454 g/mol. The second kappa shape index (κ2) is 9.09. The minimum atomic E-state index is -1.41. The largest absolute Gasteiger partial charge is 0.493 e. The van der Waals surface area contributed by atoms with Crippen LogP contribution < -0.4 is 21.3 Å². The highest BCUT2D eigenvalue weighted by molar-refractivity contribution is 6.16. The molecular formula is C25H27N3O7. The molecule has 0 amide bonds. The fourth-order valence-corrected chi connectivity index (χ4v) is 4.65. The van der Waals surface area contributed by atoms with Gasteiger partial charge in [-0.25, -0.2) is 14.4 Å². The molecule has 1 aromatic carbocycles. The van der Waals surface area contributed by atoms with Crippen LogP contribution in [0.3, 0.4) is 0 Å². The maximum Gasteiger partial charge on any atom is 0.350 e. The van der Waals surface area contributed by atoms with Crippen molar-refractivity contribution in [1.29, 1.82) is 0 Å². The first-order chi connectivity index (χ1) is 16.8. The summed E-state index contributed by atoms with van der Waals surface area (Å²) in [6, 6.07) is 8.59. The third kappa shape index (κ3) is 4.60. The lowest BCUT2D eigenvalue weighted by atomic mass is 10.1. The first-order valence-corrected chi connectivity index (χ1v) is 11.8. The number of allylic oxidation sites excluding steroid dienone is 1. The van der Waals surface area contributed by atoms with Crippen LogP contribution in [0.5, 0.6) is 5.75 Å². The maximum absolute atomic E-state index is 12.6. The highest BCUT2D eigenvalue weighted by atomic mass is 16.7. The van der Waals surface area contributed by atoms with Crippen LogP contribution >= 0.6 is 0 Å². The second-order valence-electron chi connectivity index (χ2n) is 9.14. The Labute approximate surface area is 201 Å². The molecule has 1 N–H and O–H groups in total. The van der Waals surface area contributed by atoms with Crippen molar-refractivity contribution in [3.63, 3.8) is 0 Å². The van der Waals surface area contributed by atoms with Crippen molar-refractivity contribution in [1.82, 2.24) is 14.5 Å². The van der Waals surface area contributed by atoms with E-state index in [0.29, 0.717) is 31.0 Å². The number of fused-ring (bicyclic) bond motifs is 1. The zero-order valence-corrected chi connectivity index (χ0v) is 19.5. The van der Waals surface area contributed by atoms with Crippen molar-refractivity contribution in [3.05, 3.63) is 73.7 Å². The molecule has 5 rings (SSSR count). The number of aryl methyl sites for hydroxylation is 1. The number of carbonyl (C=O) groups is 2. The van der Waals surface area contributed by atoms with Crippen LogP contribution in [0.25, 0.3) is 0 Å². The molecule has 3 aliphatic rings. The lowest BCUT2D eigenvalue weighted by Gasteiger charge is -2.33. The number of esters is 2. The SMILES string of the molecule is CC1(CCOc2ccc(Cn3c(=O)cc4n(c3=O)CCC4)cc2)OC(=O)C(=C2CCCN2)C(=O)O1. The number of ether oxygens (including phenoxy) is 3. The number of nitrogens with one attached hydrogen (secondary N) is 1. The van der Waals surface area contributed by atoms with E-state index < -0.39 is 17.7 Å². The fraction of sp³-hybridized carbons (Fsp3) is 0.440. The molecule has 0 spiro atoms. The van der Waals surface area contributed by atoms with E-state index >= 15 is 0 Å². The fourth-order valence-electron chi connectivity index (χ4n) is 4.65. The van der Waals surface area contributed by atoms with Gasteiger partial charge in [0.1, 0.15) is 5.75 Å². The summed E-state index contributed by atoms with van der Waals surface area (Å²) >= 11 is 0. The monoisotopic (exact) mass is 481 g/mol. The molecule has 10 nitrogen and oxygen atoms in total. The Kier molecular flexibility index (Phi) is 5.96. The van der Waals surface area contributed by atoms with Gasteiger partial charge in [-0.3, -0.25) is 13.9 Å². The van der Waals surface area contributed by atoms with Crippen LogP contribution in [0.15, 0.2) is 51.2 Å². The van der Waals surface area contributed by atoms with Gasteiger partial charge in [-0.05, 0) is 43.4 Å². The molecule has 184 valence electrons. The summed E-state index contributed by atoms with van der Waals surface area (Å²) in [5, 5.41) is 3.03. The van der Waals surface area contributed by atoms with Crippen molar-refractivity contribution in [2.75, 3.05) is 13.2 Å². The van der Waals surface area contributed by atoms with Crippen molar-refractivity contribution in [2.24, 2.45) is 0 Å². The van der Waals surface area contributed by atoms with Crippen LogP contribution in [-0.4, -0.2) is 40.0 Å². The molecule has 0 atom stereocenters. The molecule has 35 heavy (non-hydrogen) atoms. The van der Waals surface area contributed by atoms with Gasteiger partial charge in [-0.2, -0.15) is 0 Å². The van der Waals surface area contributed by atoms with E-state index in [2.05, 4.69) is 5.32 Å². The zero-order valence-electron chi connectivity index (χ0n) is 19.5. The van der Waals surface area contributed by atoms with Gasteiger partial charge in [0.05, 0.1) is 19.6 Å². The average molecular weight is 482 g/mol. The van der Waals surface area contributed by atoms with Gasteiger partial charge in [0, 0.05) is 37.5 Å². The molecule has 0 saturated carbocycles. The summed E-state index contributed by atoms with van der Waals surface area (Å²) in [6.45, 7) is 3.21. The average Bonchev–Trinajstić information content (AvgIpc) is 3.49. The van der Waals surface area contributed by atoms with Gasteiger partial charge in [0.25, 0.3) is 11.3 Å². The molecule has 0 aliphatic carbocycles. The lowest BCUT2D eigenvalue weighted by molar-refractivity contribution is -0.232. The normalized spacial score (nSPS) is 21.4. The zero-order chi connectivity index (χ0) is 24.6. The van der Waals surface area contributed by atoms with Crippen molar-refractivity contribution >= 4 is 11.9 Å². The van der Waals surface area contributed by atoms with Crippen LogP contribution in [0, 0.1) is 0 Å². The summed E-state index contributed by atoms with van der Waals surface area (Å²) in [5.74, 6) is -2.22. The minimum absolute atomic E-state index is 0.0569. The van der Waals surface area contributed by atoms with Crippen LogP contribution in [0.2, 0.25) is 0 Å². The molecule has 1 aromatic heterocycles. The lowest BCUT2D eigenvalue weighted by Crippen LogP contribution is -2.46. The second-order valence-corrected chi connectivity index (χ2v) is 9.14. The maximum atomic E-state index is 12.6. The van der Waals surface area contributed by atoms with Gasteiger partial charge in [0.2, 0.25) is 0 Å². The highest BCUT2D eigenvalue weighted by Gasteiger charge is 2.44. The van der Waals surface area contributed by atoms with Gasteiger partial charge in [-0.15, -0.1) is 0 Å². The Morgan fingerprint density at radius 2 is 1.77 bits per heavy atom. The van der Waals surface area contributed by atoms with Crippen molar-refractivity contribution in [2.45, 2.75) is 57.9 Å². The van der Waals surface area contributed by atoms with Gasteiger partial charge in [0.15, 0.2) is 5.57 Å². The standard InChI is InChI=1S/C25H27N3O7/c1-25(34-22(30)21(23(31)35-25)19-5-2-11-26-19)10-13-33-18-8-6-16(7-9-18)15-28-20(29)14-17-4-3-12-27(17)24(28)32/h6-9,14,26H,2-5,10-13,15H2,1H3. The molecule has 4 heterocycles. The third-order valence-corrected chi connectivity index (χ3v) is 6.54. The molecule has 2 aromatic rings. The quantitative estimate of drug-likeness (QED) is 0.372. The van der Waals surface area contributed by atoms with E-state index in [1.165, 1.54) is 11.5 Å². The van der Waals surface area contributed by atoms with E-state index in [0.717, 1.165) is 30.5 Å². The van der Waals surface area contributed by atoms with Gasteiger partial charge in [-0.1, -0.05) is 12.1 Å². The number of hydrogen-bond donors (Lipinski definition) is 1. The van der Waals surface area contributed by atoms with Gasteiger partial charge < -0.3 is 19.5 Å². The first kappa shape index (κ1) is 22.9. The summed E-state index contributed by atoms with van der Waals surface area (Å²) in [4.78, 5) is 49.9. The van der Waals surface area contributed by atoms with E-state index in [-0.39, 0.29) is 36.4 Å². The Morgan fingerprint density at radius 3 is 2.46 bits per heavy atom. The smallest absolute Gasteiger partial charge is 0.350 e. The van der Waals surface area contributed by atoms with Crippen LogP contribution in [0.4, 0.5) is 0 Å². The molecule has 0 radical (unpaired) electrons. The third-order valence-electron chi connectivity index (χ3n) is 6.54. The molecule has 3 aliphatic heterocycles. The van der Waals surface area contributed by atoms with E-state index in [9.17, 15) is 19.2 Å². The Hall–Kier alpha value is -3.82. The topological polar surface area (TPSA) is 118 Å². The predicted octanol–water partition coefficient (Wildman–Crippen LogP) is 1.23. The summed E-state index contributed by atoms with van der Waals surface area (Å²) < 4.78 is 19.5.